The van der Waals surface area contributed by atoms with Crippen LogP contribution in [0.5, 0.6) is 5.75 Å². The van der Waals surface area contributed by atoms with E-state index in [4.69, 9.17) is 4.74 Å². The van der Waals surface area contributed by atoms with Crippen molar-refractivity contribution in [1.82, 2.24) is 20.4 Å². The number of aliphatic imine (C=N–C) groups is 1. The normalized spacial score (nSPS) is 17.7. The van der Waals surface area contributed by atoms with Crippen molar-refractivity contribution in [2.45, 2.75) is 13.8 Å². The minimum absolute atomic E-state index is 0.585. The molecule has 2 N–H and O–H groups in total. The van der Waals surface area contributed by atoms with Gasteiger partial charge in [-0.1, -0.05) is 32.0 Å². The van der Waals surface area contributed by atoms with E-state index in [-0.39, 0.29) is 0 Å². The molecule has 1 fully saturated rings. The fraction of sp³-hybridized carbons (Fsp3) is 0.650. The monoisotopic (exact) mass is 361 g/mol. The summed E-state index contributed by atoms with van der Waals surface area (Å²) in [5.41, 5.74) is 0. The van der Waals surface area contributed by atoms with E-state index < -0.39 is 0 Å². The van der Waals surface area contributed by atoms with Gasteiger partial charge in [0.25, 0.3) is 0 Å². The third kappa shape index (κ3) is 7.62. The van der Waals surface area contributed by atoms with Crippen LogP contribution >= 0.6 is 0 Å². The van der Waals surface area contributed by atoms with Gasteiger partial charge < -0.3 is 25.2 Å². The van der Waals surface area contributed by atoms with Gasteiger partial charge in [0.2, 0.25) is 0 Å². The highest BCUT2D eigenvalue weighted by Gasteiger charge is 2.17. The van der Waals surface area contributed by atoms with Gasteiger partial charge in [-0.25, -0.2) is 0 Å². The molecule has 6 nitrogen and oxygen atoms in total. The molecule has 0 spiro atoms. The maximum Gasteiger partial charge on any atom is 0.191 e. The molecule has 1 heterocycles. The van der Waals surface area contributed by atoms with E-state index in [2.05, 4.69) is 39.3 Å². The number of ether oxygens (including phenoxy) is 1. The van der Waals surface area contributed by atoms with Gasteiger partial charge in [-0.2, -0.15) is 0 Å². The molecule has 0 bridgehead atoms. The molecule has 1 aliphatic rings. The molecule has 1 atom stereocenters. The van der Waals surface area contributed by atoms with E-state index in [0.717, 1.165) is 31.3 Å². The first-order valence-corrected chi connectivity index (χ1v) is 9.78. The fourth-order valence-corrected chi connectivity index (χ4v) is 3.14. The van der Waals surface area contributed by atoms with Crippen LogP contribution in [-0.2, 0) is 0 Å². The average molecular weight is 362 g/mol. The van der Waals surface area contributed by atoms with Crippen LogP contribution in [0.2, 0.25) is 0 Å². The summed E-state index contributed by atoms with van der Waals surface area (Å²) in [6, 6.07) is 9.88. The van der Waals surface area contributed by atoms with Crippen LogP contribution in [0.4, 0.5) is 0 Å². The number of hydrogen-bond acceptors (Lipinski definition) is 4. The Morgan fingerprint density at radius 3 is 2.46 bits per heavy atom. The van der Waals surface area contributed by atoms with E-state index >= 15 is 0 Å². The standard InChI is InChI=1S/C20H35N5O/c1-4-24-11-13-25(14-12-24)17-18(2)16-23-20(21-3)22-10-15-26-19-8-6-5-7-9-19/h5-9,18H,4,10-17H2,1-3H3,(H2,21,22,23). The maximum atomic E-state index is 5.69. The molecule has 0 amide bonds. The third-order valence-corrected chi connectivity index (χ3v) is 4.73. The average Bonchev–Trinajstić information content (AvgIpc) is 2.69. The highest BCUT2D eigenvalue weighted by atomic mass is 16.5. The first-order chi connectivity index (χ1) is 12.7. The summed E-state index contributed by atoms with van der Waals surface area (Å²) < 4.78 is 5.69. The summed E-state index contributed by atoms with van der Waals surface area (Å²) >= 11 is 0. The van der Waals surface area contributed by atoms with E-state index in [1.165, 1.54) is 32.7 Å². The summed E-state index contributed by atoms with van der Waals surface area (Å²) in [5, 5.41) is 6.73. The molecule has 2 rings (SSSR count). The van der Waals surface area contributed by atoms with Crippen LogP contribution in [0.3, 0.4) is 0 Å². The number of guanidine groups is 1. The number of nitrogens with zero attached hydrogens (tertiary/aromatic N) is 3. The lowest BCUT2D eigenvalue weighted by Gasteiger charge is -2.35. The number of nitrogens with one attached hydrogen (secondary N) is 2. The highest BCUT2D eigenvalue weighted by Crippen LogP contribution is 2.07. The van der Waals surface area contributed by atoms with Crippen LogP contribution in [0.25, 0.3) is 0 Å². The van der Waals surface area contributed by atoms with Gasteiger partial charge in [0.05, 0.1) is 6.54 Å². The van der Waals surface area contributed by atoms with Gasteiger partial charge in [0, 0.05) is 46.3 Å². The van der Waals surface area contributed by atoms with Crippen molar-refractivity contribution in [2.24, 2.45) is 10.9 Å². The lowest BCUT2D eigenvalue weighted by Crippen LogP contribution is -2.48. The Labute approximate surface area is 158 Å². The number of para-hydroxylation sites is 1. The zero-order valence-corrected chi connectivity index (χ0v) is 16.6. The second kappa shape index (κ2) is 11.8. The lowest BCUT2D eigenvalue weighted by atomic mass is 10.1. The third-order valence-electron chi connectivity index (χ3n) is 4.73. The van der Waals surface area contributed by atoms with Crippen LogP contribution < -0.4 is 15.4 Å². The van der Waals surface area contributed by atoms with Gasteiger partial charge in [-0.15, -0.1) is 0 Å². The van der Waals surface area contributed by atoms with Crippen LogP contribution in [0.15, 0.2) is 35.3 Å². The minimum Gasteiger partial charge on any atom is -0.492 e. The Morgan fingerprint density at radius 1 is 1.12 bits per heavy atom. The Hall–Kier alpha value is -1.79. The number of benzene rings is 1. The molecule has 0 aromatic heterocycles. The second-order valence-electron chi connectivity index (χ2n) is 6.88. The molecule has 0 aliphatic carbocycles. The smallest absolute Gasteiger partial charge is 0.191 e. The maximum absolute atomic E-state index is 5.69. The summed E-state index contributed by atoms with van der Waals surface area (Å²) in [5.74, 6) is 2.32. The van der Waals surface area contributed by atoms with Gasteiger partial charge >= 0.3 is 0 Å². The lowest BCUT2D eigenvalue weighted by molar-refractivity contribution is 0.124. The van der Waals surface area contributed by atoms with Crippen molar-refractivity contribution in [3.8, 4) is 5.75 Å². The van der Waals surface area contributed by atoms with Gasteiger partial charge in [-0.3, -0.25) is 4.99 Å². The van der Waals surface area contributed by atoms with Crippen LogP contribution in [0.1, 0.15) is 13.8 Å². The van der Waals surface area contributed by atoms with Gasteiger partial charge in [0.1, 0.15) is 12.4 Å². The molecular weight excluding hydrogens is 326 g/mol. The predicted molar refractivity (Wildman–Crippen MR) is 109 cm³/mol. The number of hydrogen-bond donors (Lipinski definition) is 2. The quantitative estimate of drug-likeness (QED) is 0.397. The van der Waals surface area contributed by atoms with E-state index in [1.807, 2.05) is 37.4 Å². The molecule has 6 heteroatoms. The predicted octanol–water partition coefficient (Wildman–Crippen LogP) is 1.50. The van der Waals surface area contributed by atoms with Crippen molar-refractivity contribution < 1.29 is 4.74 Å². The Bertz CT molecular complexity index is 514. The second-order valence-corrected chi connectivity index (χ2v) is 6.88. The van der Waals surface area contributed by atoms with Crippen LogP contribution in [0, 0.1) is 5.92 Å². The molecule has 1 aromatic rings. The minimum atomic E-state index is 0.585. The Balaban J connectivity index is 1.57. The molecule has 1 unspecified atom stereocenters. The first-order valence-electron chi connectivity index (χ1n) is 9.78. The van der Waals surface area contributed by atoms with Crippen molar-refractivity contribution >= 4 is 5.96 Å². The zero-order valence-electron chi connectivity index (χ0n) is 16.6. The summed E-state index contributed by atoms with van der Waals surface area (Å²) in [6.07, 6.45) is 0. The van der Waals surface area contributed by atoms with Crippen molar-refractivity contribution in [3.05, 3.63) is 30.3 Å². The summed E-state index contributed by atoms with van der Waals surface area (Å²) in [4.78, 5) is 9.38. The molecular formula is C20H35N5O. The molecule has 1 aromatic carbocycles. The molecule has 1 saturated heterocycles. The van der Waals surface area contributed by atoms with Crippen molar-refractivity contribution in [1.29, 1.82) is 0 Å². The molecule has 0 saturated carbocycles. The molecule has 146 valence electrons. The van der Waals surface area contributed by atoms with E-state index in [1.54, 1.807) is 0 Å². The SMILES string of the molecule is CCN1CCN(CC(C)CNC(=NC)NCCOc2ccccc2)CC1. The first kappa shape index (κ1) is 20.5. The Morgan fingerprint density at radius 2 is 1.81 bits per heavy atom. The molecule has 1 aliphatic heterocycles. The number of likely N-dealkylation sites (N-methyl/N-ethyl adjacent to an activating group) is 1. The van der Waals surface area contributed by atoms with E-state index in [0.29, 0.717) is 12.5 Å². The van der Waals surface area contributed by atoms with Crippen molar-refractivity contribution in [2.75, 3.05) is 66.0 Å². The largest absolute Gasteiger partial charge is 0.492 e. The fourth-order valence-electron chi connectivity index (χ4n) is 3.14. The zero-order chi connectivity index (χ0) is 18.6. The molecule has 0 radical (unpaired) electrons. The highest BCUT2D eigenvalue weighted by molar-refractivity contribution is 5.79. The Kier molecular flexibility index (Phi) is 9.28. The summed E-state index contributed by atoms with van der Waals surface area (Å²) in [7, 11) is 1.81. The number of rotatable bonds is 9. The molecule has 26 heavy (non-hydrogen) atoms. The van der Waals surface area contributed by atoms with E-state index in [9.17, 15) is 0 Å². The topological polar surface area (TPSA) is 52.1 Å². The summed E-state index contributed by atoms with van der Waals surface area (Å²) in [6.45, 7) is 13.9. The number of piperazine rings is 1. The van der Waals surface area contributed by atoms with Gasteiger partial charge in [0.15, 0.2) is 5.96 Å². The van der Waals surface area contributed by atoms with Gasteiger partial charge in [-0.05, 0) is 24.6 Å². The van der Waals surface area contributed by atoms with Crippen molar-refractivity contribution in [3.63, 3.8) is 0 Å². The van der Waals surface area contributed by atoms with Crippen LogP contribution in [-0.4, -0.2) is 81.8 Å².